The van der Waals surface area contributed by atoms with Crippen LogP contribution in [-0.2, 0) is 4.57 Å². The van der Waals surface area contributed by atoms with Gasteiger partial charge in [0.15, 0.2) is 5.82 Å². The van der Waals surface area contributed by atoms with Crippen molar-refractivity contribution < 1.29 is 13.7 Å². The zero-order valence-corrected chi connectivity index (χ0v) is 29.1. The molecule has 6 rings (SSSR count). The monoisotopic (exact) mass is 695 g/mol. The first-order valence-corrected chi connectivity index (χ1v) is 18.8. The van der Waals surface area contributed by atoms with Crippen LogP contribution in [0.2, 0.25) is 0 Å². The van der Waals surface area contributed by atoms with Gasteiger partial charge in [0.05, 0.1) is 28.1 Å². The van der Waals surface area contributed by atoms with E-state index in [2.05, 4.69) is 72.2 Å². The molecular formula is C33H40BrFN7O2P. The molecule has 1 aliphatic heterocycles. The molecule has 0 unspecified atom stereocenters. The highest BCUT2D eigenvalue weighted by Gasteiger charge is 2.36. The van der Waals surface area contributed by atoms with Gasteiger partial charge in [0.1, 0.15) is 29.9 Å². The molecular weight excluding hydrogens is 656 g/mol. The van der Waals surface area contributed by atoms with Crippen molar-refractivity contribution in [1.82, 2.24) is 19.9 Å². The van der Waals surface area contributed by atoms with E-state index in [4.69, 9.17) is 4.74 Å². The molecule has 12 heteroatoms. The van der Waals surface area contributed by atoms with Crippen LogP contribution in [0.5, 0.6) is 5.75 Å². The minimum atomic E-state index is -2.78. The molecule has 1 saturated heterocycles. The third kappa shape index (κ3) is 6.52. The van der Waals surface area contributed by atoms with Crippen molar-refractivity contribution in [2.24, 2.45) is 11.3 Å². The van der Waals surface area contributed by atoms with Gasteiger partial charge in [0.25, 0.3) is 0 Å². The summed E-state index contributed by atoms with van der Waals surface area (Å²) in [4.78, 5) is 20.3. The quantitative estimate of drug-likeness (QED) is 0.177. The van der Waals surface area contributed by atoms with E-state index in [0.29, 0.717) is 44.0 Å². The smallest absolute Gasteiger partial charge is 0.229 e. The van der Waals surface area contributed by atoms with Gasteiger partial charge in [-0.1, -0.05) is 20.8 Å². The van der Waals surface area contributed by atoms with Crippen LogP contribution in [0, 0.1) is 17.2 Å². The van der Waals surface area contributed by atoms with Crippen molar-refractivity contribution in [1.29, 1.82) is 0 Å². The lowest BCUT2D eigenvalue weighted by atomic mass is 9.75. The Morgan fingerprint density at radius 1 is 1.04 bits per heavy atom. The number of rotatable bonds is 8. The zero-order chi connectivity index (χ0) is 32.1. The van der Waals surface area contributed by atoms with Crippen LogP contribution in [0.1, 0.15) is 57.9 Å². The number of hydrogen-bond acceptors (Lipinski definition) is 9. The molecule has 4 aromatic rings. The fraction of sp³-hybridized carbons (Fsp3) is 0.455. The van der Waals surface area contributed by atoms with E-state index < -0.39 is 7.14 Å². The van der Waals surface area contributed by atoms with Crippen molar-refractivity contribution in [2.45, 2.75) is 52.4 Å². The lowest BCUT2D eigenvalue weighted by molar-refractivity contribution is 0.199. The first kappa shape index (κ1) is 31.7. The molecule has 2 aromatic carbocycles. The van der Waals surface area contributed by atoms with Gasteiger partial charge in [-0.25, -0.2) is 9.37 Å². The highest BCUT2D eigenvalue weighted by atomic mass is 79.9. The van der Waals surface area contributed by atoms with Crippen LogP contribution >= 0.6 is 23.1 Å². The third-order valence-corrected chi connectivity index (χ3v) is 11.0. The van der Waals surface area contributed by atoms with Crippen LogP contribution < -0.4 is 25.6 Å². The molecule has 2 aromatic heterocycles. The largest absolute Gasteiger partial charge is 0.494 e. The molecule has 2 fully saturated rings. The van der Waals surface area contributed by atoms with Crippen LogP contribution in [0.25, 0.3) is 11.0 Å². The fourth-order valence-electron chi connectivity index (χ4n) is 6.34. The Labute approximate surface area is 272 Å². The summed E-state index contributed by atoms with van der Waals surface area (Å²) in [7, 11) is -1.23. The van der Waals surface area contributed by atoms with Gasteiger partial charge in [-0.3, -0.25) is 9.97 Å². The van der Waals surface area contributed by atoms with Gasteiger partial charge in [-0.05, 0) is 84.3 Å². The van der Waals surface area contributed by atoms with Gasteiger partial charge in [-0.15, -0.1) is 0 Å². The van der Waals surface area contributed by atoms with Crippen LogP contribution in [0.4, 0.5) is 33.2 Å². The number of hydrogen-bond donors (Lipinski definition) is 2. The molecule has 2 aliphatic rings. The summed E-state index contributed by atoms with van der Waals surface area (Å²) in [5, 5.41) is 7.01. The number of nitrogens with one attached hydrogen (secondary N) is 2. The molecule has 0 atom stereocenters. The van der Waals surface area contributed by atoms with Gasteiger partial charge in [0, 0.05) is 49.0 Å². The second kappa shape index (κ2) is 12.1. The van der Waals surface area contributed by atoms with Gasteiger partial charge < -0.3 is 24.8 Å². The molecule has 0 bridgehead atoms. The number of fused-ring (bicyclic) bond motifs is 1. The van der Waals surface area contributed by atoms with Gasteiger partial charge in [-0.2, -0.15) is 4.98 Å². The Morgan fingerprint density at radius 2 is 1.76 bits per heavy atom. The lowest BCUT2D eigenvalue weighted by Crippen LogP contribution is -2.38. The van der Waals surface area contributed by atoms with Crippen molar-refractivity contribution >= 4 is 68.2 Å². The van der Waals surface area contributed by atoms with E-state index >= 15 is 4.39 Å². The minimum Gasteiger partial charge on any atom is -0.494 e. The molecule has 45 heavy (non-hydrogen) atoms. The Morgan fingerprint density at radius 3 is 2.40 bits per heavy atom. The molecule has 238 valence electrons. The molecule has 0 radical (unpaired) electrons. The first-order valence-electron chi connectivity index (χ1n) is 15.4. The number of ether oxygens (including phenoxy) is 1. The Kier molecular flexibility index (Phi) is 8.54. The number of methoxy groups -OCH3 is 1. The van der Waals surface area contributed by atoms with Crippen LogP contribution in [0.3, 0.4) is 0 Å². The molecule has 9 nitrogen and oxygen atoms in total. The summed E-state index contributed by atoms with van der Waals surface area (Å²) in [6.07, 6.45) is 8.88. The summed E-state index contributed by atoms with van der Waals surface area (Å²) < 4.78 is 36.3. The van der Waals surface area contributed by atoms with Crippen LogP contribution in [-0.4, -0.2) is 53.5 Å². The first-order chi connectivity index (χ1) is 21.3. The standard InChI is InChI=1S/C33H40BrFN7O2P/c1-33(2,3)20-11-15-42(16-12-20)24-17-25(44-4)29(27(35)26(24)19-7-8-19)40-32-38-18-21(34)31(41-32)39-23-10-9-22-28(37-14-13-36-22)30(23)45(5,6)43/h9-10,13-14,17-20H,7-8,11-12,15-16H2,1-6H3,(H2,38,39,40,41). The second-order valence-corrected chi connectivity index (χ2v) is 17.5. The molecule has 1 saturated carbocycles. The predicted octanol–water partition coefficient (Wildman–Crippen LogP) is 8.21. The Hall–Kier alpha value is -3.30. The average molecular weight is 697 g/mol. The Balaban J connectivity index is 1.33. The zero-order valence-electron chi connectivity index (χ0n) is 26.6. The lowest BCUT2D eigenvalue weighted by Gasteiger charge is -2.40. The van der Waals surface area contributed by atoms with E-state index in [0.717, 1.165) is 50.0 Å². The maximum Gasteiger partial charge on any atom is 0.229 e. The summed E-state index contributed by atoms with van der Waals surface area (Å²) in [5.74, 6) is 1.52. The van der Waals surface area contributed by atoms with E-state index in [1.165, 1.54) is 0 Å². The number of aromatic nitrogens is 4. The highest BCUT2D eigenvalue weighted by Crippen LogP contribution is 2.51. The van der Waals surface area contributed by atoms with Crippen molar-refractivity contribution in [3.05, 3.63) is 52.6 Å². The minimum absolute atomic E-state index is 0.183. The topological polar surface area (TPSA) is 105 Å². The molecule has 0 spiro atoms. The van der Waals surface area contributed by atoms with Crippen molar-refractivity contribution in [3.8, 4) is 5.75 Å². The van der Waals surface area contributed by atoms with Crippen molar-refractivity contribution in [2.75, 3.05) is 49.1 Å². The summed E-state index contributed by atoms with van der Waals surface area (Å²) in [5.41, 5.74) is 3.97. The molecule has 0 amide bonds. The number of piperidine rings is 1. The molecule has 2 N–H and O–H groups in total. The molecule has 3 heterocycles. The Bertz CT molecular complexity index is 1800. The third-order valence-electron chi connectivity index (χ3n) is 8.90. The number of anilines is 5. The fourth-order valence-corrected chi connectivity index (χ4v) is 8.02. The van der Waals surface area contributed by atoms with E-state index in [9.17, 15) is 4.57 Å². The SMILES string of the molecule is COc1cc(N2CCC(C(C)(C)C)CC2)c(C2CC2)c(F)c1Nc1ncc(Br)c(Nc2ccc3nccnc3c2P(C)(C)=O)n1. The number of halogens is 2. The van der Waals surface area contributed by atoms with Gasteiger partial charge >= 0.3 is 0 Å². The van der Waals surface area contributed by atoms with E-state index in [1.807, 2.05) is 18.2 Å². The van der Waals surface area contributed by atoms with Gasteiger partial charge in [0.2, 0.25) is 5.95 Å². The summed E-state index contributed by atoms with van der Waals surface area (Å²) in [6, 6.07) is 5.61. The normalized spacial score (nSPS) is 16.2. The van der Waals surface area contributed by atoms with Crippen LogP contribution in [0.15, 0.2) is 41.3 Å². The summed E-state index contributed by atoms with van der Waals surface area (Å²) >= 11 is 3.53. The average Bonchev–Trinajstić information content (AvgIpc) is 3.83. The van der Waals surface area contributed by atoms with Crippen molar-refractivity contribution in [3.63, 3.8) is 0 Å². The maximum atomic E-state index is 16.5. The van der Waals surface area contributed by atoms with E-state index in [1.54, 1.807) is 39.0 Å². The summed E-state index contributed by atoms with van der Waals surface area (Å²) in [6.45, 7) is 12.1. The number of benzene rings is 2. The highest BCUT2D eigenvalue weighted by molar-refractivity contribution is 9.10. The second-order valence-electron chi connectivity index (χ2n) is 13.5. The number of nitrogens with zero attached hydrogens (tertiary/aromatic N) is 5. The predicted molar refractivity (Wildman–Crippen MR) is 184 cm³/mol. The van der Waals surface area contributed by atoms with E-state index in [-0.39, 0.29) is 28.8 Å². The maximum absolute atomic E-state index is 16.5. The molecule has 1 aliphatic carbocycles.